The number of fused-ring (bicyclic) bond motifs is 1. The van der Waals surface area contributed by atoms with Crippen molar-refractivity contribution in [2.24, 2.45) is 5.73 Å². The maximum absolute atomic E-state index is 9.95. The third-order valence-electron chi connectivity index (χ3n) is 3.94. The number of carboxylic acid groups (broad SMARTS) is 1. The van der Waals surface area contributed by atoms with E-state index in [1.165, 1.54) is 17.2 Å². The second-order valence-corrected chi connectivity index (χ2v) is 5.77. The molecule has 1 unspecified atom stereocenters. The highest BCUT2D eigenvalue weighted by Crippen LogP contribution is 2.31. The lowest BCUT2D eigenvalue weighted by Crippen LogP contribution is -2.33. The van der Waals surface area contributed by atoms with Gasteiger partial charge in [-0.2, -0.15) is 0 Å². The van der Waals surface area contributed by atoms with Gasteiger partial charge in [-0.25, -0.2) is 15.0 Å². The average molecular weight is 386 g/mol. The number of carboxylic acids is 1. The van der Waals surface area contributed by atoms with Crippen molar-refractivity contribution in [2.75, 3.05) is 18.9 Å². The van der Waals surface area contributed by atoms with Crippen LogP contribution in [0.1, 0.15) is 12.6 Å². The third kappa shape index (κ3) is 4.47. The van der Waals surface area contributed by atoms with Gasteiger partial charge in [-0.1, -0.05) is 0 Å². The number of aliphatic carboxylic acids is 1. The summed E-state index contributed by atoms with van der Waals surface area (Å²) in [4.78, 5) is 21.7. The Morgan fingerprint density at radius 3 is 2.48 bits per heavy atom. The van der Waals surface area contributed by atoms with Crippen molar-refractivity contribution in [2.45, 2.75) is 37.0 Å². The van der Waals surface area contributed by atoms with Crippen LogP contribution >= 0.6 is 0 Å². The number of carbonyl (C=O) groups is 1. The van der Waals surface area contributed by atoms with E-state index in [2.05, 4.69) is 15.0 Å². The average Bonchev–Trinajstić information content (AvgIpc) is 3.18. The van der Waals surface area contributed by atoms with Crippen molar-refractivity contribution in [3.63, 3.8) is 0 Å². The third-order valence-corrected chi connectivity index (χ3v) is 3.94. The molecule has 150 valence electrons. The first kappa shape index (κ1) is 20.9. The van der Waals surface area contributed by atoms with Crippen molar-refractivity contribution in [1.29, 1.82) is 0 Å². The number of hydrogen-bond donors (Lipinski definition) is 7. The molecule has 0 aromatic carbocycles. The molecule has 3 rings (SSSR count). The van der Waals surface area contributed by atoms with Crippen LogP contribution in [0.4, 0.5) is 5.82 Å². The summed E-state index contributed by atoms with van der Waals surface area (Å²) in [5, 5.41) is 45.0. The predicted octanol–water partition coefficient (Wildman–Crippen LogP) is -3.20. The molecule has 13 heteroatoms. The van der Waals surface area contributed by atoms with Crippen molar-refractivity contribution in [3.05, 3.63) is 12.7 Å². The van der Waals surface area contributed by atoms with Gasteiger partial charge in [0.05, 0.1) is 12.9 Å². The largest absolute Gasteiger partial charge is 0.480 e. The van der Waals surface area contributed by atoms with Gasteiger partial charge in [0.15, 0.2) is 17.7 Å². The van der Waals surface area contributed by atoms with E-state index >= 15 is 0 Å². The van der Waals surface area contributed by atoms with Crippen LogP contribution in [0.2, 0.25) is 0 Å². The first-order valence-corrected chi connectivity index (χ1v) is 7.96. The maximum atomic E-state index is 9.95. The number of nitrogen functional groups attached to an aromatic ring is 1. The Morgan fingerprint density at radius 2 is 1.96 bits per heavy atom. The van der Waals surface area contributed by atoms with E-state index in [4.69, 9.17) is 31.5 Å². The van der Waals surface area contributed by atoms with Crippen LogP contribution in [0.15, 0.2) is 12.7 Å². The number of aliphatic hydroxyl groups excluding tert-OH is 4. The van der Waals surface area contributed by atoms with E-state index in [0.717, 1.165) is 0 Å². The molecule has 27 heavy (non-hydrogen) atoms. The number of rotatable bonds is 5. The van der Waals surface area contributed by atoms with Gasteiger partial charge in [-0.15, -0.1) is 0 Å². The molecule has 0 aliphatic carbocycles. The molecule has 13 nitrogen and oxygen atoms in total. The second-order valence-electron chi connectivity index (χ2n) is 5.77. The van der Waals surface area contributed by atoms with Crippen LogP contribution in [0.25, 0.3) is 11.2 Å². The number of ether oxygens (including phenoxy) is 1. The molecular formula is C14H22N6O7. The quantitative estimate of drug-likeness (QED) is 0.270. The fourth-order valence-corrected chi connectivity index (χ4v) is 2.43. The predicted molar refractivity (Wildman–Crippen MR) is 90.1 cm³/mol. The number of nitrogens with two attached hydrogens (primary N) is 2. The first-order chi connectivity index (χ1) is 12.8. The Labute approximate surface area is 152 Å². The highest BCUT2D eigenvalue weighted by atomic mass is 16.6. The van der Waals surface area contributed by atoms with Crippen molar-refractivity contribution in [1.82, 2.24) is 19.5 Å². The van der Waals surface area contributed by atoms with E-state index in [0.29, 0.717) is 11.2 Å². The molecule has 5 atom stereocenters. The number of aliphatic hydroxyl groups is 4. The molecule has 9 N–H and O–H groups in total. The maximum Gasteiger partial charge on any atom is 0.320 e. The zero-order valence-electron chi connectivity index (χ0n) is 14.2. The Morgan fingerprint density at radius 1 is 1.26 bits per heavy atom. The molecule has 0 radical (unpaired) electrons. The summed E-state index contributed by atoms with van der Waals surface area (Å²) in [5.41, 5.74) is 11.4. The number of aromatic nitrogens is 4. The van der Waals surface area contributed by atoms with Crippen molar-refractivity contribution >= 4 is 23.0 Å². The number of nitrogens with zero attached hydrogens (tertiary/aromatic N) is 4. The Bertz CT molecular complexity index is 771. The molecule has 3 heterocycles. The number of imidazole rings is 1. The zero-order valence-corrected chi connectivity index (χ0v) is 14.2. The fraction of sp³-hybridized carbons (Fsp3) is 0.571. The summed E-state index contributed by atoms with van der Waals surface area (Å²) in [5.74, 6) is -0.852. The molecule has 2 aromatic heterocycles. The van der Waals surface area contributed by atoms with E-state index in [1.807, 2.05) is 0 Å². The normalized spacial score (nSPS) is 25.8. The minimum absolute atomic E-state index is 0.120. The summed E-state index contributed by atoms with van der Waals surface area (Å²) >= 11 is 0. The zero-order chi connectivity index (χ0) is 20.1. The van der Waals surface area contributed by atoms with Gasteiger partial charge in [0.25, 0.3) is 0 Å². The fourth-order valence-electron chi connectivity index (χ4n) is 2.43. The molecule has 0 amide bonds. The van der Waals surface area contributed by atoms with E-state index < -0.39 is 43.2 Å². The van der Waals surface area contributed by atoms with Gasteiger partial charge in [0, 0.05) is 6.61 Å². The Kier molecular flexibility index (Phi) is 6.95. The molecule has 1 aliphatic rings. The van der Waals surface area contributed by atoms with Crippen LogP contribution in [0, 0.1) is 0 Å². The molecular weight excluding hydrogens is 364 g/mol. The summed E-state index contributed by atoms with van der Waals surface area (Å²) in [6, 6.07) is -0.917. The highest BCUT2D eigenvalue weighted by Gasteiger charge is 2.43. The van der Waals surface area contributed by atoms with E-state index in [-0.39, 0.29) is 18.8 Å². The number of hydrogen-bond acceptors (Lipinski definition) is 11. The van der Waals surface area contributed by atoms with Gasteiger partial charge < -0.3 is 41.7 Å². The SMILES string of the molecule is NC(CCO)C(=O)O.Nc1ncnc2c1ncn2[C@@H]1O[C@H](CO)[C@@H](O)[C@H]1O. The van der Waals surface area contributed by atoms with Gasteiger partial charge >= 0.3 is 5.97 Å². The minimum atomic E-state index is -1.19. The van der Waals surface area contributed by atoms with E-state index in [9.17, 15) is 15.0 Å². The van der Waals surface area contributed by atoms with Crippen LogP contribution in [-0.4, -0.2) is 88.6 Å². The van der Waals surface area contributed by atoms with Crippen LogP contribution in [0.3, 0.4) is 0 Å². The first-order valence-electron chi connectivity index (χ1n) is 7.96. The van der Waals surface area contributed by atoms with Crippen molar-refractivity contribution < 1.29 is 35.1 Å². The summed E-state index contributed by atoms with van der Waals surface area (Å²) in [7, 11) is 0. The summed E-state index contributed by atoms with van der Waals surface area (Å²) in [6.45, 7) is -0.564. The van der Waals surface area contributed by atoms with Gasteiger partial charge in [-0.3, -0.25) is 9.36 Å². The smallest absolute Gasteiger partial charge is 0.320 e. The standard InChI is InChI=1S/C10H13N5O4.C4H9NO3/c11-8-5-9(13-2-12-8)15(3-14-5)10-7(18)6(17)4(1-16)19-10;5-3(1-2-6)4(7)8/h2-4,6-7,10,16-18H,1H2,(H2,11,12,13);3,6H,1-2,5H2,(H,7,8)/t4-,6-,7-,10-;/m1./s1. The molecule has 1 saturated heterocycles. The topological polar surface area (TPSA) is 223 Å². The summed E-state index contributed by atoms with van der Waals surface area (Å²) < 4.78 is 6.85. The van der Waals surface area contributed by atoms with E-state index in [1.54, 1.807) is 0 Å². The molecule has 0 bridgehead atoms. The lowest BCUT2D eigenvalue weighted by molar-refractivity contribution is -0.138. The van der Waals surface area contributed by atoms with Gasteiger partial charge in [0.1, 0.15) is 36.2 Å². The lowest BCUT2D eigenvalue weighted by atomic mass is 10.1. The van der Waals surface area contributed by atoms with Crippen LogP contribution in [0.5, 0.6) is 0 Å². The summed E-state index contributed by atoms with van der Waals surface area (Å²) in [6.07, 6.45) is -1.30. The molecule has 0 spiro atoms. The molecule has 1 fully saturated rings. The second kappa shape index (κ2) is 8.98. The number of anilines is 1. The highest BCUT2D eigenvalue weighted by molar-refractivity contribution is 5.81. The molecule has 1 aliphatic heterocycles. The van der Waals surface area contributed by atoms with Crippen LogP contribution in [-0.2, 0) is 9.53 Å². The van der Waals surface area contributed by atoms with Crippen LogP contribution < -0.4 is 11.5 Å². The molecule has 2 aromatic rings. The monoisotopic (exact) mass is 386 g/mol. The van der Waals surface area contributed by atoms with Crippen molar-refractivity contribution in [3.8, 4) is 0 Å². The minimum Gasteiger partial charge on any atom is -0.480 e. The molecule has 0 saturated carbocycles. The van der Waals surface area contributed by atoms with Gasteiger partial charge in [-0.05, 0) is 6.42 Å². The van der Waals surface area contributed by atoms with Gasteiger partial charge in [0.2, 0.25) is 0 Å². The lowest BCUT2D eigenvalue weighted by Gasteiger charge is -2.16. The Hall–Kier alpha value is -2.42. The Balaban J connectivity index is 0.000000279.